The minimum atomic E-state index is -0.345. The number of aromatic nitrogens is 2. The molecule has 0 bridgehead atoms. The molecule has 106 valence electrons. The number of carbonyl (C=O) groups is 1. The van der Waals surface area contributed by atoms with E-state index < -0.39 is 0 Å². The number of nitrogens with two attached hydrogens (primary N) is 1. The largest absolute Gasteiger partial charge is 0.496 e. The van der Waals surface area contributed by atoms with Gasteiger partial charge in [-0.3, -0.25) is 9.48 Å². The van der Waals surface area contributed by atoms with E-state index in [0.717, 1.165) is 11.3 Å². The zero-order valence-electron chi connectivity index (χ0n) is 11.3. The first-order valence-electron chi connectivity index (χ1n) is 6.18. The van der Waals surface area contributed by atoms with Gasteiger partial charge in [-0.15, -0.1) is 0 Å². The van der Waals surface area contributed by atoms with Gasteiger partial charge in [0.25, 0.3) is 0 Å². The predicted octanol–water partition coefficient (Wildman–Crippen LogP) is 2.33. The van der Waals surface area contributed by atoms with Gasteiger partial charge in [-0.1, -0.05) is 18.5 Å². The molecule has 1 atom stereocenters. The normalized spacial score (nSPS) is 12.2. The third-order valence-electron chi connectivity index (χ3n) is 3.02. The lowest BCUT2D eigenvalue weighted by molar-refractivity contribution is -0.121. The summed E-state index contributed by atoms with van der Waals surface area (Å²) >= 11 is 6.01. The van der Waals surface area contributed by atoms with Crippen LogP contribution in [0.3, 0.4) is 0 Å². The molecule has 1 heterocycles. The maximum atomic E-state index is 11.1. The van der Waals surface area contributed by atoms with Crippen molar-refractivity contribution in [2.75, 3.05) is 7.11 Å². The zero-order valence-corrected chi connectivity index (χ0v) is 12.1. The van der Waals surface area contributed by atoms with Gasteiger partial charge in [-0.2, -0.15) is 5.10 Å². The molecule has 0 saturated heterocycles. The molecule has 1 amide bonds. The standard InChI is InChI=1S/C14H16ClN3O2/c1-9(14(16)19)8-18-6-5-12(17-18)11-7-10(15)3-4-13(11)20-2/h3-7,9H,8H2,1-2H3,(H2,16,19). The fraction of sp³-hybridized carbons (Fsp3) is 0.286. The van der Waals surface area contributed by atoms with Crippen molar-refractivity contribution in [3.05, 3.63) is 35.5 Å². The number of nitrogens with zero attached hydrogens (tertiary/aromatic N) is 2. The second-order valence-electron chi connectivity index (χ2n) is 4.57. The summed E-state index contributed by atoms with van der Waals surface area (Å²) < 4.78 is 6.99. The van der Waals surface area contributed by atoms with Crippen LogP contribution in [0.4, 0.5) is 0 Å². The summed E-state index contributed by atoms with van der Waals surface area (Å²) in [5.74, 6) is 0.0778. The molecule has 0 spiro atoms. The molecule has 6 heteroatoms. The molecule has 5 nitrogen and oxygen atoms in total. The van der Waals surface area contributed by atoms with Crippen LogP contribution in [0.15, 0.2) is 30.5 Å². The Hall–Kier alpha value is -2.01. The van der Waals surface area contributed by atoms with Crippen LogP contribution in [0.25, 0.3) is 11.3 Å². The van der Waals surface area contributed by atoms with E-state index >= 15 is 0 Å². The predicted molar refractivity (Wildman–Crippen MR) is 77.6 cm³/mol. The Labute approximate surface area is 122 Å². The molecule has 0 aliphatic carbocycles. The number of ether oxygens (including phenoxy) is 1. The number of rotatable bonds is 5. The van der Waals surface area contributed by atoms with Crippen LogP contribution in [-0.2, 0) is 11.3 Å². The van der Waals surface area contributed by atoms with Crippen LogP contribution in [0.1, 0.15) is 6.92 Å². The van der Waals surface area contributed by atoms with Crippen LogP contribution in [0.2, 0.25) is 5.02 Å². The Kier molecular flexibility index (Phi) is 4.29. The third-order valence-corrected chi connectivity index (χ3v) is 3.26. The fourth-order valence-electron chi connectivity index (χ4n) is 1.86. The summed E-state index contributed by atoms with van der Waals surface area (Å²) in [4.78, 5) is 11.1. The molecule has 0 saturated carbocycles. The number of methoxy groups -OCH3 is 1. The Morgan fingerprint density at radius 1 is 1.50 bits per heavy atom. The number of halogens is 1. The maximum absolute atomic E-state index is 11.1. The molecule has 2 aromatic rings. The Bertz CT molecular complexity index is 625. The topological polar surface area (TPSA) is 70.1 Å². The van der Waals surface area contributed by atoms with Crippen molar-refractivity contribution in [1.82, 2.24) is 9.78 Å². The molecule has 0 radical (unpaired) electrons. The monoisotopic (exact) mass is 293 g/mol. The SMILES string of the molecule is COc1ccc(Cl)cc1-c1ccn(CC(C)C(N)=O)n1. The van der Waals surface area contributed by atoms with Crippen molar-refractivity contribution in [3.63, 3.8) is 0 Å². The van der Waals surface area contributed by atoms with E-state index in [2.05, 4.69) is 5.10 Å². The molecule has 1 aromatic heterocycles. The highest BCUT2D eigenvalue weighted by Gasteiger charge is 2.13. The molecule has 1 unspecified atom stereocenters. The van der Waals surface area contributed by atoms with Crippen LogP contribution in [-0.4, -0.2) is 22.8 Å². The third kappa shape index (κ3) is 3.11. The fourth-order valence-corrected chi connectivity index (χ4v) is 2.03. The van der Waals surface area contributed by atoms with Crippen LogP contribution in [0.5, 0.6) is 5.75 Å². The van der Waals surface area contributed by atoms with Crippen molar-refractivity contribution in [2.45, 2.75) is 13.5 Å². The quantitative estimate of drug-likeness (QED) is 0.920. The average molecular weight is 294 g/mol. The number of hydrogen-bond donors (Lipinski definition) is 1. The second kappa shape index (κ2) is 5.96. The van der Waals surface area contributed by atoms with E-state index in [1.807, 2.05) is 6.07 Å². The number of hydrogen-bond acceptors (Lipinski definition) is 3. The summed E-state index contributed by atoms with van der Waals surface area (Å²) in [6.07, 6.45) is 1.80. The molecule has 0 fully saturated rings. The molecule has 20 heavy (non-hydrogen) atoms. The van der Waals surface area contributed by atoms with E-state index in [1.165, 1.54) is 0 Å². The van der Waals surface area contributed by atoms with Crippen LogP contribution in [0, 0.1) is 5.92 Å². The molecule has 1 aromatic carbocycles. The summed E-state index contributed by atoms with van der Waals surface area (Å²) in [6.45, 7) is 2.21. The Balaban J connectivity index is 2.29. The average Bonchev–Trinajstić information content (AvgIpc) is 2.87. The highest BCUT2D eigenvalue weighted by molar-refractivity contribution is 6.30. The van der Waals surface area contributed by atoms with Gasteiger partial charge in [0.05, 0.1) is 25.3 Å². The van der Waals surface area contributed by atoms with Crippen LogP contribution >= 0.6 is 11.6 Å². The van der Waals surface area contributed by atoms with Gasteiger partial charge in [-0.25, -0.2) is 0 Å². The number of primary amides is 1. The van der Waals surface area contributed by atoms with Gasteiger partial charge in [0.15, 0.2) is 0 Å². The molecular weight excluding hydrogens is 278 g/mol. The molecular formula is C14H16ClN3O2. The highest BCUT2D eigenvalue weighted by Crippen LogP contribution is 2.31. The van der Waals surface area contributed by atoms with Crippen molar-refractivity contribution in [3.8, 4) is 17.0 Å². The molecule has 0 aliphatic heterocycles. The Morgan fingerprint density at radius 3 is 2.90 bits per heavy atom. The van der Waals surface area contributed by atoms with Crippen molar-refractivity contribution in [1.29, 1.82) is 0 Å². The van der Waals surface area contributed by atoms with Gasteiger partial charge in [0, 0.05) is 16.8 Å². The maximum Gasteiger partial charge on any atom is 0.222 e. The minimum Gasteiger partial charge on any atom is -0.496 e. The summed E-state index contributed by atoms with van der Waals surface area (Å²) in [6, 6.07) is 7.20. The van der Waals surface area contributed by atoms with E-state index in [4.69, 9.17) is 22.1 Å². The van der Waals surface area contributed by atoms with Crippen molar-refractivity contribution in [2.24, 2.45) is 11.7 Å². The van der Waals surface area contributed by atoms with Gasteiger partial charge < -0.3 is 10.5 Å². The van der Waals surface area contributed by atoms with E-state index in [1.54, 1.807) is 43.1 Å². The van der Waals surface area contributed by atoms with Gasteiger partial charge in [-0.05, 0) is 24.3 Å². The number of carbonyl (C=O) groups excluding carboxylic acids is 1. The van der Waals surface area contributed by atoms with Gasteiger partial charge in [0.2, 0.25) is 5.91 Å². The van der Waals surface area contributed by atoms with E-state index in [-0.39, 0.29) is 11.8 Å². The van der Waals surface area contributed by atoms with Crippen molar-refractivity contribution < 1.29 is 9.53 Å². The van der Waals surface area contributed by atoms with E-state index in [9.17, 15) is 4.79 Å². The first-order chi connectivity index (χ1) is 9.51. The van der Waals surface area contributed by atoms with Crippen molar-refractivity contribution >= 4 is 17.5 Å². The summed E-state index contributed by atoms with van der Waals surface area (Å²) in [5, 5.41) is 5.03. The molecule has 2 N–H and O–H groups in total. The smallest absolute Gasteiger partial charge is 0.222 e. The lowest BCUT2D eigenvalue weighted by Crippen LogP contribution is -2.24. The first-order valence-corrected chi connectivity index (χ1v) is 6.55. The summed E-state index contributed by atoms with van der Waals surface area (Å²) in [7, 11) is 1.60. The molecule has 2 rings (SSSR count). The lowest BCUT2D eigenvalue weighted by Gasteiger charge is -2.08. The number of benzene rings is 1. The zero-order chi connectivity index (χ0) is 14.7. The van der Waals surface area contributed by atoms with Gasteiger partial charge >= 0.3 is 0 Å². The highest BCUT2D eigenvalue weighted by atomic mass is 35.5. The van der Waals surface area contributed by atoms with Crippen LogP contribution < -0.4 is 10.5 Å². The number of amides is 1. The first kappa shape index (κ1) is 14.4. The second-order valence-corrected chi connectivity index (χ2v) is 5.01. The van der Waals surface area contributed by atoms with Gasteiger partial charge in [0.1, 0.15) is 5.75 Å². The lowest BCUT2D eigenvalue weighted by atomic mass is 10.1. The summed E-state index contributed by atoms with van der Waals surface area (Å²) in [5.41, 5.74) is 6.80. The minimum absolute atomic E-state index is 0.274. The van der Waals surface area contributed by atoms with E-state index in [0.29, 0.717) is 17.3 Å². The molecule has 0 aliphatic rings. The Morgan fingerprint density at radius 2 is 2.25 bits per heavy atom.